The molecule has 0 saturated carbocycles. The van der Waals surface area contributed by atoms with Crippen LogP contribution < -0.4 is 0 Å². The fourth-order valence-electron chi connectivity index (χ4n) is 2.07. The summed E-state index contributed by atoms with van der Waals surface area (Å²) >= 11 is 0. The summed E-state index contributed by atoms with van der Waals surface area (Å²) in [6, 6.07) is 1.14. The summed E-state index contributed by atoms with van der Waals surface area (Å²) in [5.74, 6) is 0.279. The molecule has 16 heavy (non-hydrogen) atoms. The summed E-state index contributed by atoms with van der Waals surface area (Å²) in [7, 11) is 1.86. The molecule has 1 aliphatic heterocycles. The molecular weight excluding hydrogens is 212 g/mol. The Labute approximate surface area is 94.0 Å². The predicted molar refractivity (Wildman–Crippen MR) is 57.7 cm³/mol. The zero-order valence-electron chi connectivity index (χ0n) is 9.82. The maximum Gasteiger partial charge on any atom is 0.261 e. The van der Waals surface area contributed by atoms with Crippen molar-refractivity contribution in [1.82, 2.24) is 14.7 Å². The maximum absolute atomic E-state index is 12.9. The van der Waals surface area contributed by atoms with Crippen LogP contribution in [0.25, 0.3) is 0 Å². The highest BCUT2D eigenvalue weighted by atomic mass is 19.3. The van der Waals surface area contributed by atoms with Gasteiger partial charge in [0.15, 0.2) is 0 Å². The Balaban J connectivity index is 2.37. The molecule has 1 unspecified atom stereocenters. The minimum atomic E-state index is -2.36. The quantitative estimate of drug-likeness (QED) is 0.775. The van der Waals surface area contributed by atoms with Gasteiger partial charge in [-0.05, 0) is 19.0 Å². The summed E-state index contributed by atoms with van der Waals surface area (Å²) in [5, 5.41) is 4.30. The van der Waals surface area contributed by atoms with Crippen molar-refractivity contribution in [2.24, 2.45) is 0 Å². The van der Waals surface area contributed by atoms with Crippen LogP contribution in [0.2, 0.25) is 0 Å². The number of likely N-dealkylation sites (N-methyl/N-ethyl adjacent to an activating group) is 1. The van der Waals surface area contributed by atoms with Crippen molar-refractivity contribution < 1.29 is 8.78 Å². The van der Waals surface area contributed by atoms with E-state index in [2.05, 4.69) is 5.10 Å². The molecule has 0 saturated heterocycles. The maximum atomic E-state index is 12.9. The second-order valence-electron chi connectivity index (χ2n) is 4.76. The Morgan fingerprint density at radius 3 is 2.69 bits per heavy atom. The first kappa shape index (κ1) is 11.5. The van der Waals surface area contributed by atoms with Crippen LogP contribution in [0.5, 0.6) is 0 Å². The Morgan fingerprint density at radius 1 is 1.44 bits per heavy atom. The van der Waals surface area contributed by atoms with Gasteiger partial charge in [-0.15, -0.1) is 0 Å². The molecule has 5 heteroatoms. The van der Waals surface area contributed by atoms with Gasteiger partial charge < -0.3 is 0 Å². The Morgan fingerprint density at radius 2 is 2.12 bits per heavy atom. The van der Waals surface area contributed by atoms with Gasteiger partial charge in [0.2, 0.25) is 0 Å². The first-order valence-electron chi connectivity index (χ1n) is 5.54. The fourth-order valence-corrected chi connectivity index (χ4v) is 2.07. The number of aromatic nitrogens is 2. The lowest BCUT2D eigenvalue weighted by Crippen LogP contribution is -2.38. The second-order valence-corrected chi connectivity index (χ2v) is 4.76. The van der Waals surface area contributed by atoms with Crippen molar-refractivity contribution >= 4 is 0 Å². The van der Waals surface area contributed by atoms with E-state index in [4.69, 9.17) is 0 Å². The molecule has 3 nitrogen and oxygen atoms in total. The largest absolute Gasteiger partial charge is 0.298 e. The van der Waals surface area contributed by atoms with Crippen LogP contribution in [0, 0.1) is 0 Å². The molecule has 1 aromatic rings. The van der Waals surface area contributed by atoms with Gasteiger partial charge in [-0.25, -0.2) is 8.78 Å². The molecule has 0 spiro atoms. The van der Waals surface area contributed by atoms with E-state index in [0.717, 1.165) is 11.4 Å². The van der Waals surface area contributed by atoms with Gasteiger partial charge in [0.1, 0.15) is 6.04 Å². The normalized spacial score (nSPS) is 21.8. The van der Waals surface area contributed by atoms with Gasteiger partial charge in [0, 0.05) is 13.1 Å². The molecule has 1 aliphatic rings. The molecule has 2 rings (SSSR count). The van der Waals surface area contributed by atoms with Crippen LogP contribution in [0.15, 0.2) is 6.07 Å². The van der Waals surface area contributed by atoms with Gasteiger partial charge in [-0.3, -0.25) is 9.58 Å². The van der Waals surface area contributed by atoms with Crippen LogP contribution >= 0.6 is 0 Å². The molecule has 0 aliphatic carbocycles. The number of rotatable bonds is 2. The van der Waals surface area contributed by atoms with E-state index in [1.807, 2.05) is 31.9 Å². The Kier molecular flexibility index (Phi) is 2.97. The number of fused-ring (bicyclic) bond motifs is 1. The van der Waals surface area contributed by atoms with Gasteiger partial charge in [0.05, 0.1) is 11.4 Å². The molecule has 0 N–H and O–H groups in total. The minimum Gasteiger partial charge on any atom is -0.298 e. The predicted octanol–water partition coefficient (Wildman–Crippen LogP) is 2.26. The molecule has 0 bridgehead atoms. The third kappa shape index (κ3) is 1.96. The van der Waals surface area contributed by atoms with Crippen molar-refractivity contribution in [3.63, 3.8) is 0 Å². The van der Waals surface area contributed by atoms with Crippen molar-refractivity contribution in [3.05, 3.63) is 17.5 Å². The number of hydrogen-bond acceptors (Lipinski definition) is 2. The van der Waals surface area contributed by atoms with E-state index < -0.39 is 12.5 Å². The molecule has 1 aromatic heterocycles. The van der Waals surface area contributed by atoms with Gasteiger partial charge in [-0.2, -0.15) is 5.10 Å². The minimum absolute atomic E-state index is 0.279. The third-order valence-electron chi connectivity index (χ3n) is 2.96. The van der Waals surface area contributed by atoms with Gasteiger partial charge in [0.25, 0.3) is 6.43 Å². The number of hydrogen-bond donors (Lipinski definition) is 0. The van der Waals surface area contributed by atoms with Crippen molar-refractivity contribution in [2.75, 3.05) is 13.6 Å². The summed E-state index contributed by atoms with van der Waals surface area (Å²) in [6.45, 7) is 5.11. The summed E-state index contributed by atoms with van der Waals surface area (Å²) < 4.78 is 27.3. The van der Waals surface area contributed by atoms with Crippen molar-refractivity contribution in [2.45, 2.75) is 38.8 Å². The van der Waals surface area contributed by atoms with E-state index in [0.29, 0.717) is 13.1 Å². The van der Waals surface area contributed by atoms with Crippen LogP contribution in [-0.4, -0.2) is 34.7 Å². The molecule has 1 atom stereocenters. The van der Waals surface area contributed by atoms with Crippen LogP contribution in [0.4, 0.5) is 8.78 Å². The number of halogens is 2. The fraction of sp³-hybridized carbons (Fsp3) is 0.727. The van der Waals surface area contributed by atoms with Crippen molar-refractivity contribution in [1.29, 1.82) is 0 Å². The van der Waals surface area contributed by atoms with Gasteiger partial charge in [-0.1, -0.05) is 13.8 Å². The summed E-state index contributed by atoms with van der Waals surface area (Å²) in [5.41, 5.74) is 1.79. The number of nitrogens with zero attached hydrogens (tertiary/aromatic N) is 3. The first-order chi connectivity index (χ1) is 7.49. The molecule has 0 radical (unpaired) electrons. The second kappa shape index (κ2) is 4.13. The van der Waals surface area contributed by atoms with E-state index in [9.17, 15) is 8.78 Å². The highest BCUT2D eigenvalue weighted by molar-refractivity contribution is 5.16. The zero-order valence-corrected chi connectivity index (χ0v) is 9.82. The lowest BCUT2D eigenvalue weighted by Gasteiger charge is -2.30. The average molecular weight is 229 g/mol. The third-order valence-corrected chi connectivity index (χ3v) is 2.96. The average Bonchev–Trinajstić information content (AvgIpc) is 2.59. The monoisotopic (exact) mass is 229 g/mol. The summed E-state index contributed by atoms with van der Waals surface area (Å²) in [6.07, 6.45) is -2.36. The lowest BCUT2D eigenvalue weighted by molar-refractivity contribution is 0.0404. The van der Waals surface area contributed by atoms with Crippen LogP contribution in [-0.2, 0) is 6.54 Å². The van der Waals surface area contributed by atoms with E-state index >= 15 is 0 Å². The van der Waals surface area contributed by atoms with Gasteiger partial charge >= 0.3 is 0 Å². The zero-order chi connectivity index (χ0) is 11.9. The molecule has 0 aromatic carbocycles. The highest BCUT2D eigenvalue weighted by Crippen LogP contribution is 2.27. The first-order valence-corrected chi connectivity index (χ1v) is 5.54. The van der Waals surface area contributed by atoms with Crippen LogP contribution in [0.1, 0.15) is 37.2 Å². The van der Waals surface area contributed by atoms with E-state index in [1.165, 1.54) is 4.68 Å². The molecule has 0 amide bonds. The molecule has 90 valence electrons. The standard InChI is InChI=1S/C11H17F2N3/c1-7(2)9-4-8-5-15(3)6-10(11(12)13)16(8)14-9/h4,7,10-11H,5-6H2,1-3H3. The summed E-state index contributed by atoms with van der Waals surface area (Å²) in [4.78, 5) is 1.91. The molecule has 2 heterocycles. The Bertz CT molecular complexity index is 373. The number of alkyl halides is 2. The van der Waals surface area contributed by atoms with E-state index in [1.54, 1.807) is 0 Å². The highest BCUT2D eigenvalue weighted by Gasteiger charge is 2.31. The molecule has 0 fully saturated rings. The molecular formula is C11H17F2N3. The van der Waals surface area contributed by atoms with Crippen LogP contribution in [0.3, 0.4) is 0 Å². The topological polar surface area (TPSA) is 21.1 Å². The Hall–Kier alpha value is -0.970. The lowest BCUT2D eigenvalue weighted by atomic mass is 10.1. The van der Waals surface area contributed by atoms with Crippen molar-refractivity contribution in [3.8, 4) is 0 Å². The smallest absolute Gasteiger partial charge is 0.261 e. The SMILES string of the molecule is CC(C)c1cc2n(n1)C(C(F)F)CN(C)C2. The van der Waals surface area contributed by atoms with E-state index in [-0.39, 0.29) is 5.92 Å².